The molecule has 0 spiro atoms. The third kappa shape index (κ3) is 4.78. The summed E-state index contributed by atoms with van der Waals surface area (Å²) in [7, 11) is 0. The lowest BCUT2D eigenvalue weighted by Gasteiger charge is -2.13. The number of hydrogen-bond acceptors (Lipinski definition) is 4. The quantitative estimate of drug-likeness (QED) is 0.613. The van der Waals surface area contributed by atoms with Crippen LogP contribution < -0.4 is 16.0 Å². The van der Waals surface area contributed by atoms with Crippen LogP contribution in [0.15, 0.2) is 48.7 Å². The number of halogens is 1. The summed E-state index contributed by atoms with van der Waals surface area (Å²) in [6.45, 7) is 1.84. The Hall–Kier alpha value is -3.49. The number of carbonyl (C=O) groups excluding carboxylic acids is 2. The van der Waals surface area contributed by atoms with E-state index in [9.17, 15) is 14.0 Å². The van der Waals surface area contributed by atoms with Crippen molar-refractivity contribution < 1.29 is 14.0 Å². The standard InChI is InChI=1S/C18H19FN6O2/c1-12(17-24-23-15-4-2-3-9-25(15)17)22-16(26)11-21-18(27)20-10-13-5-7-14(19)8-6-13/h2-9,12H,10-11H2,1H3,(H,22,26)(H2,20,21,27). The number of carbonyl (C=O) groups is 2. The second kappa shape index (κ2) is 8.26. The summed E-state index contributed by atoms with van der Waals surface area (Å²) in [5.41, 5.74) is 1.44. The Balaban J connectivity index is 1.44. The predicted octanol–water partition coefficient (Wildman–Crippen LogP) is 1.54. The number of amides is 3. The third-order valence-corrected chi connectivity index (χ3v) is 3.88. The second-order valence-corrected chi connectivity index (χ2v) is 5.94. The van der Waals surface area contributed by atoms with E-state index >= 15 is 0 Å². The molecule has 2 aromatic heterocycles. The molecule has 0 aliphatic rings. The number of benzene rings is 1. The Morgan fingerprint density at radius 2 is 1.89 bits per heavy atom. The molecule has 2 heterocycles. The van der Waals surface area contributed by atoms with Crippen LogP contribution in [0.2, 0.25) is 0 Å². The number of pyridine rings is 1. The van der Waals surface area contributed by atoms with Crippen LogP contribution in [0, 0.1) is 5.82 Å². The van der Waals surface area contributed by atoms with Crippen LogP contribution in [0.1, 0.15) is 24.4 Å². The van der Waals surface area contributed by atoms with Crippen LogP contribution in [0.25, 0.3) is 5.65 Å². The lowest BCUT2D eigenvalue weighted by molar-refractivity contribution is -0.120. The maximum atomic E-state index is 12.8. The van der Waals surface area contributed by atoms with Crippen molar-refractivity contribution in [3.63, 3.8) is 0 Å². The zero-order chi connectivity index (χ0) is 19.2. The van der Waals surface area contributed by atoms with Gasteiger partial charge >= 0.3 is 6.03 Å². The number of hydrogen-bond donors (Lipinski definition) is 3. The minimum absolute atomic E-state index is 0.184. The Labute approximate surface area is 154 Å². The lowest BCUT2D eigenvalue weighted by atomic mass is 10.2. The molecule has 0 fully saturated rings. The minimum Gasteiger partial charge on any atom is -0.345 e. The van der Waals surface area contributed by atoms with Crippen molar-refractivity contribution in [2.45, 2.75) is 19.5 Å². The maximum absolute atomic E-state index is 12.8. The van der Waals surface area contributed by atoms with Crippen molar-refractivity contribution in [1.29, 1.82) is 0 Å². The molecule has 9 heteroatoms. The van der Waals surface area contributed by atoms with E-state index in [1.165, 1.54) is 12.1 Å². The summed E-state index contributed by atoms with van der Waals surface area (Å²) < 4.78 is 14.6. The first-order chi connectivity index (χ1) is 13.0. The molecule has 0 radical (unpaired) electrons. The van der Waals surface area contributed by atoms with Gasteiger partial charge in [-0.15, -0.1) is 10.2 Å². The van der Waals surface area contributed by atoms with Crippen molar-refractivity contribution in [1.82, 2.24) is 30.5 Å². The smallest absolute Gasteiger partial charge is 0.315 e. The molecule has 0 aliphatic heterocycles. The molecule has 0 saturated carbocycles. The van der Waals surface area contributed by atoms with Crippen LogP contribution in [0.5, 0.6) is 0 Å². The average Bonchev–Trinajstić information content (AvgIpc) is 3.10. The van der Waals surface area contributed by atoms with Gasteiger partial charge in [-0.05, 0) is 36.8 Å². The molecule has 3 rings (SSSR count). The molecule has 8 nitrogen and oxygen atoms in total. The van der Waals surface area contributed by atoms with Crippen LogP contribution in [-0.4, -0.2) is 33.1 Å². The molecular formula is C18H19FN6O2. The van der Waals surface area contributed by atoms with Gasteiger partial charge in [-0.25, -0.2) is 9.18 Å². The van der Waals surface area contributed by atoms with E-state index in [4.69, 9.17) is 0 Å². The van der Waals surface area contributed by atoms with E-state index in [1.807, 2.05) is 24.4 Å². The molecule has 0 saturated heterocycles. The zero-order valence-electron chi connectivity index (χ0n) is 14.6. The summed E-state index contributed by atoms with van der Waals surface area (Å²) in [6, 6.07) is 10.4. The average molecular weight is 370 g/mol. The Bertz CT molecular complexity index is 940. The lowest BCUT2D eigenvalue weighted by Crippen LogP contribution is -2.42. The van der Waals surface area contributed by atoms with Crippen LogP contribution in [-0.2, 0) is 11.3 Å². The van der Waals surface area contributed by atoms with Crippen molar-refractivity contribution >= 4 is 17.6 Å². The normalized spacial score (nSPS) is 11.8. The fourth-order valence-corrected chi connectivity index (χ4v) is 2.52. The molecule has 0 aliphatic carbocycles. The van der Waals surface area contributed by atoms with E-state index in [2.05, 4.69) is 26.1 Å². The van der Waals surface area contributed by atoms with Crippen LogP contribution in [0.3, 0.4) is 0 Å². The first-order valence-electron chi connectivity index (χ1n) is 8.38. The van der Waals surface area contributed by atoms with Crippen molar-refractivity contribution in [2.24, 2.45) is 0 Å². The van der Waals surface area contributed by atoms with Gasteiger partial charge in [0.05, 0.1) is 12.6 Å². The Morgan fingerprint density at radius 3 is 2.67 bits per heavy atom. The number of urea groups is 1. The molecule has 1 atom stereocenters. The van der Waals surface area contributed by atoms with E-state index in [0.717, 1.165) is 5.56 Å². The van der Waals surface area contributed by atoms with Crippen LogP contribution >= 0.6 is 0 Å². The fraction of sp³-hybridized carbons (Fsp3) is 0.222. The number of rotatable bonds is 6. The minimum atomic E-state index is -0.491. The van der Waals surface area contributed by atoms with Gasteiger partial charge in [0.15, 0.2) is 11.5 Å². The monoisotopic (exact) mass is 370 g/mol. The molecule has 0 bridgehead atoms. The number of fused-ring (bicyclic) bond motifs is 1. The largest absolute Gasteiger partial charge is 0.345 e. The molecule has 1 unspecified atom stereocenters. The maximum Gasteiger partial charge on any atom is 0.315 e. The molecule has 1 aromatic carbocycles. The van der Waals surface area contributed by atoms with E-state index in [-0.39, 0.29) is 30.9 Å². The van der Waals surface area contributed by atoms with E-state index in [1.54, 1.807) is 23.5 Å². The fourth-order valence-electron chi connectivity index (χ4n) is 2.52. The van der Waals surface area contributed by atoms with Gasteiger partial charge in [-0.2, -0.15) is 0 Å². The molecule has 27 heavy (non-hydrogen) atoms. The van der Waals surface area contributed by atoms with Crippen LogP contribution in [0.4, 0.5) is 9.18 Å². The third-order valence-electron chi connectivity index (χ3n) is 3.88. The van der Waals surface area contributed by atoms with Gasteiger partial charge < -0.3 is 16.0 Å². The van der Waals surface area contributed by atoms with E-state index in [0.29, 0.717) is 11.5 Å². The van der Waals surface area contributed by atoms with Crippen molar-refractivity contribution in [3.05, 3.63) is 65.9 Å². The van der Waals surface area contributed by atoms with Crippen molar-refractivity contribution in [2.75, 3.05) is 6.54 Å². The number of nitrogens with one attached hydrogen (secondary N) is 3. The van der Waals surface area contributed by atoms with Gasteiger partial charge in [0, 0.05) is 12.7 Å². The highest BCUT2D eigenvalue weighted by Gasteiger charge is 2.16. The highest BCUT2D eigenvalue weighted by molar-refractivity contribution is 5.84. The molecule has 3 amide bonds. The van der Waals surface area contributed by atoms with Gasteiger partial charge in [0.1, 0.15) is 5.82 Å². The SMILES string of the molecule is CC(NC(=O)CNC(=O)NCc1ccc(F)cc1)c1nnc2ccccn12. The van der Waals surface area contributed by atoms with Gasteiger partial charge in [0.2, 0.25) is 5.91 Å². The van der Waals surface area contributed by atoms with Gasteiger partial charge in [0.25, 0.3) is 0 Å². The second-order valence-electron chi connectivity index (χ2n) is 5.94. The topological polar surface area (TPSA) is 100 Å². The first kappa shape index (κ1) is 18.3. The Kier molecular flexibility index (Phi) is 5.60. The highest BCUT2D eigenvalue weighted by atomic mass is 19.1. The zero-order valence-corrected chi connectivity index (χ0v) is 14.6. The summed E-state index contributed by atoms with van der Waals surface area (Å²) >= 11 is 0. The van der Waals surface area contributed by atoms with Crippen molar-refractivity contribution in [3.8, 4) is 0 Å². The first-order valence-corrected chi connectivity index (χ1v) is 8.38. The molecule has 3 aromatic rings. The Morgan fingerprint density at radius 1 is 1.11 bits per heavy atom. The highest BCUT2D eigenvalue weighted by Crippen LogP contribution is 2.11. The van der Waals surface area contributed by atoms with Gasteiger partial charge in [-0.1, -0.05) is 18.2 Å². The number of aromatic nitrogens is 3. The molecular weight excluding hydrogens is 351 g/mol. The number of nitrogens with zero attached hydrogens (tertiary/aromatic N) is 3. The van der Waals surface area contributed by atoms with E-state index < -0.39 is 6.03 Å². The molecule has 140 valence electrons. The van der Waals surface area contributed by atoms with Gasteiger partial charge in [-0.3, -0.25) is 9.20 Å². The summed E-state index contributed by atoms with van der Waals surface area (Å²) in [4.78, 5) is 23.8. The predicted molar refractivity (Wildman–Crippen MR) is 96.2 cm³/mol. The summed E-state index contributed by atoms with van der Waals surface area (Å²) in [5, 5.41) is 16.0. The summed E-state index contributed by atoms with van der Waals surface area (Å²) in [5.74, 6) is -0.0960. The molecule has 3 N–H and O–H groups in total. The summed E-state index contributed by atoms with van der Waals surface area (Å²) in [6.07, 6.45) is 1.81.